The molecule has 0 heterocycles. The van der Waals surface area contributed by atoms with Crippen molar-refractivity contribution < 1.29 is 22.7 Å². The average molecular weight is 429 g/mol. The summed E-state index contributed by atoms with van der Waals surface area (Å²) in [5.74, 6) is -2.93. The number of sulfonamides is 1. The average Bonchev–Trinajstić information content (AvgIpc) is 2.62. The van der Waals surface area contributed by atoms with E-state index in [1.807, 2.05) is 0 Å². The third-order valence-corrected chi connectivity index (χ3v) is 6.47. The summed E-state index contributed by atoms with van der Waals surface area (Å²) >= 11 is 5.89. The van der Waals surface area contributed by atoms with Crippen LogP contribution in [0.3, 0.4) is 0 Å². The highest BCUT2D eigenvalue weighted by Crippen LogP contribution is 2.30. The highest BCUT2D eigenvalue weighted by atomic mass is 35.5. The molecule has 0 aromatic heterocycles. The Kier molecular flexibility index (Phi) is 6.69. The molecule has 0 saturated heterocycles. The number of nitrogens with one attached hydrogen (secondary N) is 2. The number of aryl methyl sites for hydroxylation is 1. The first-order valence-electron chi connectivity index (χ1n) is 8.47. The molecule has 152 valence electrons. The van der Waals surface area contributed by atoms with Gasteiger partial charge in [0.2, 0.25) is 10.0 Å². The van der Waals surface area contributed by atoms with Crippen molar-refractivity contribution in [3.63, 3.8) is 0 Å². The Bertz CT molecular complexity index is 1010. The monoisotopic (exact) mass is 428 g/mol. The highest BCUT2D eigenvalue weighted by Gasteiger charge is 2.34. The fraction of sp³-hybridized carbons (Fsp3) is 0.316. The molecular formula is C19H22ClFN2O4S. The Morgan fingerprint density at radius 3 is 2.43 bits per heavy atom. The van der Waals surface area contributed by atoms with Gasteiger partial charge in [0.25, 0.3) is 0 Å². The molecule has 2 aromatic carbocycles. The van der Waals surface area contributed by atoms with Crippen LogP contribution in [0, 0.1) is 19.7 Å². The molecule has 2 atom stereocenters. The maximum Gasteiger partial charge on any atom is 0.322 e. The second kappa shape index (κ2) is 8.46. The van der Waals surface area contributed by atoms with Gasteiger partial charge in [0.15, 0.2) is 0 Å². The van der Waals surface area contributed by atoms with Crippen LogP contribution in [0.15, 0.2) is 35.2 Å². The van der Waals surface area contributed by atoms with Crippen LogP contribution in [0.1, 0.15) is 29.5 Å². The van der Waals surface area contributed by atoms with Gasteiger partial charge in [-0.25, -0.2) is 12.8 Å². The van der Waals surface area contributed by atoms with E-state index in [4.69, 9.17) is 11.6 Å². The molecule has 1 unspecified atom stereocenters. The van der Waals surface area contributed by atoms with E-state index in [-0.39, 0.29) is 16.1 Å². The minimum absolute atomic E-state index is 0.153. The maximum atomic E-state index is 14.4. The Balaban J connectivity index is 2.49. The second-order valence-corrected chi connectivity index (χ2v) is 8.64. The molecule has 2 aromatic rings. The fourth-order valence-electron chi connectivity index (χ4n) is 3.06. The third kappa shape index (κ3) is 4.45. The summed E-state index contributed by atoms with van der Waals surface area (Å²) < 4.78 is 42.3. The summed E-state index contributed by atoms with van der Waals surface area (Å²) in [5, 5.41) is 12.7. The van der Waals surface area contributed by atoms with Gasteiger partial charge in [0.1, 0.15) is 16.8 Å². The summed E-state index contributed by atoms with van der Waals surface area (Å²) in [6.07, 6.45) is 0. The maximum absolute atomic E-state index is 14.4. The summed E-state index contributed by atoms with van der Waals surface area (Å²) in [4.78, 5) is 11.7. The minimum Gasteiger partial charge on any atom is -0.480 e. The van der Waals surface area contributed by atoms with Gasteiger partial charge >= 0.3 is 5.97 Å². The Morgan fingerprint density at radius 2 is 1.86 bits per heavy atom. The number of aliphatic carboxylic acids is 1. The number of hydrogen-bond acceptors (Lipinski definition) is 4. The van der Waals surface area contributed by atoms with Crippen molar-refractivity contribution in [2.45, 2.75) is 37.6 Å². The quantitative estimate of drug-likeness (QED) is 0.625. The zero-order valence-corrected chi connectivity index (χ0v) is 17.5. The SMILES string of the molecule is CNc1cc(Cl)ccc1S(=O)(=O)N[C@H](C(=O)O)C(C)c1c(F)ccc(C)c1C. The molecule has 0 radical (unpaired) electrons. The normalized spacial score (nSPS) is 13.8. The number of rotatable bonds is 7. The number of carboxylic acids is 1. The molecular weight excluding hydrogens is 407 g/mol. The van der Waals surface area contributed by atoms with Crippen LogP contribution in [-0.2, 0) is 14.8 Å². The van der Waals surface area contributed by atoms with Gasteiger partial charge in [0.05, 0.1) is 5.69 Å². The molecule has 9 heteroatoms. The Hall–Kier alpha value is -2.16. The van der Waals surface area contributed by atoms with Crippen molar-refractivity contribution in [3.8, 4) is 0 Å². The number of carbonyl (C=O) groups is 1. The Labute approximate surface area is 168 Å². The number of carboxylic acid groups (broad SMARTS) is 1. The van der Waals surface area contributed by atoms with Gasteiger partial charge in [-0.3, -0.25) is 4.79 Å². The smallest absolute Gasteiger partial charge is 0.322 e. The lowest BCUT2D eigenvalue weighted by Gasteiger charge is -2.25. The van der Waals surface area contributed by atoms with E-state index >= 15 is 0 Å². The minimum atomic E-state index is -4.23. The molecule has 0 fully saturated rings. The molecule has 6 nitrogen and oxygen atoms in total. The molecule has 0 aliphatic heterocycles. The van der Waals surface area contributed by atoms with Gasteiger partial charge in [0, 0.05) is 18.0 Å². The lowest BCUT2D eigenvalue weighted by molar-refractivity contribution is -0.139. The van der Waals surface area contributed by atoms with E-state index in [0.29, 0.717) is 10.6 Å². The van der Waals surface area contributed by atoms with Gasteiger partial charge in [-0.1, -0.05) is 24.6 Å². The van der Waals surface area contributed by atoms with Crippen LogP contribution in [-0.4, -0.2) is 32.6 Å². The van der Waals surface area contributed by atoms with Gasteiger partial charge < -0.3 is 10.4 Å². The molecule has 0 spiro atoms. The van der Waals surface area contributed by atoms with Crippen LogP contribution in [0.2, 0.25) is 5.02 Å². The predicted molar refractivity (Wildman–Crippen MR) is 107 cm³/mol. The molecule has 3 N–H and O–H groups in total. The Morgan fingerprint density at radius 1 is 1.21 bits per heavy atom. The van der Waals surface area contributed by atoms with Crippen LogP contribution < -0.4 is 10.0 Å². The van der Waals surface area contributed by atoms with Crippen molar-refractivity contribution >= 4 is 33.3 Å². The van der Waals surface area contributed by atoms with E-state index < -0.39 is 33.8 Å². The van der Waals surface area contributed by atoms with Crippen molar-refractivity contribution in [3.05, 3.63) is 57.9 Å². The van der Waals surface area contributed by atoms with E-state index in [2.05, 4.69) is 10.0 Å². The lowest BCUT2D eigenvalue weighted by atomic mass is 9.88. The van der Waals surface area contributed by atoms with E-state index in [9.17, 15) is 22.7 Å². The highest BCUT2D eigenvalue weighted by molar-refractivity contribution is 7.89. The topological polar surface area (TPSA) is 95.5 Å². The van der Waals surface area contributed by atoms with Crippen LogP contribution >= 0.6 is 11.6 Å². The number of benzene rings is 2. The third-order valence-electron chi connectivity index (χ3n) is 4.74. The van der Waals surface area contributed by atoms with Crippen LogP contribution in [0.25, 0.3) is 0 Å². The van der Waals surface area contributed by atoms with E-state index in [1.54, 1.807) is 19.9 Å². The summed E-state index contributed by atoms with van der Waals surface area (Å²) in [5.41, 5.74) is 1.75. The van der Waals surface area contributed by atoms with Gasteiger partial charge in [-0.15, -0.1) is 0 Å². The standard InChI is InChI=1S/C19H22ClFN2O4S/c1-10-5-7-14(21)17(11(10)2)12(3)18(19(24)25)23-28(26,27)16-8-6-13(20)9-15(16)22-4/h5-9,12,18,22-23H,1-4H3,(H,24,25)/t12?,18-/m0/s1. The van der Waals surface area contributed by atoms with Gasteiger partial charge in [-0.2, -0.15) is 4.72 Å². The van der Waals surface area contributed by atoms with Crippen molar-refractivity contribution in [1.82, 2.24) is 4.72 Å². The summed E-state index contributed by atoms with van der Waals surface area (Å²) in [6.45, 7) is 4.93. The van der Waals surface area contributed by atoms with Crippen LogP contribution in [0.5, 0.6) is 0 Å². The molecule has 0 saturated carbocycles. The summed E-state index contributed by atoms with van der Waals surface area (Å²) in [6, 6.07) is 5.35. The second-order valence-electron chi connectivity index (χ2n) is 6.52. The van der Waals surface area contributed by atoms with E-state index in [1.165, 1.54) is 38.2 Å². The molecule has 0 amide bonds. The number of hydrogen-bond donors (Lipinski definition) is 3. The number of halogens is 2. The molecule has 28 heavy (non-hydrogen) atoms. The summed E-state index contributed by atoms with van der Waals surface area (Å²) in [7, 11) is -2.71. The first-order valence-corrected chi connectivity index (χ1v) is 10.3. The zero-order chi connectivity index (χ0) is 21.2. The van der Waals surface area contributed by atoms with Crippen molar-refractivity contribution in [2.75, 3.05) is 12.4 Å². The predicted octanol–water partition coefficient (Wildman–Crippen LogP) is 3.67. The molecule has 2 rings (SSSR count). The molecule has 0 aliphatic carbocycles. The first kappa shape index (κ1) is 22.1. The largest absolute Gasteiger partial charge is 0.480 e. The molecule has 0 bridgehead atoms. The fourth-order valence-corrected chi connectivity index (χ4v) is 4.70. The van der Waals surface area contributed by atoms with Crippen molar-refractivity contribution in [2.24, 2.45) is 0 Å². The lowest BCUT2D eigenvalue weighted by Crippen LogP contribution is -2.44. The van der Waals surface area contributed by atoms with E-state index in [0.717, 1.165) is 5.56 Å². The number of anilines is 1. The van der Waals surface area contributed by atoms with Crippen molar-refractivity contribution in [1.29, 1.82) is 0 Å². The first-order chi connectivity index (χ1) is 13.0. The zero-order valence-electron chi connectivity index (χ0n) is 15.9. The molecule has 0 aliphatic rings. The van der Waals surface area contributed by atoms with Crippen LogP contribution in [0.4, 0.5) is 10.1 Å². The van der Waals surface area contributed by atoms with Gasteiger partial charge in [-0.05, 0) is 54.8 Å².